The van der Waals surface area contributed by atoms with E-state index in [0.717, 1.165) is 12.0 Å². The van der Waals surface area contributed by atoms with E-state index in [1.165, 1.54) is 0 Å². The van der Waals surface area contributed by atoms with Crippen LogP contribution < -0.4 is 5.73 Å². The lowest BCUT2D eigenvalue weighted by Gasteiger charge is -2.33. The van der Waals surface area contributed by atoms with Gasteiger partial charge in [-0.15, -0.1) is 0 Å². The molecule has 4 nitrogen and oxygen atoms in total. The van der Waals surface area contributed by atoms with Gasteiger partial charge in [-0.3, -0.25) is 0 Å². The first-order valence-electron chi connectivity index (χ1n) is 6.05. The zero-order valence-corrected chi connectivity index (χ0v) is 12.6. The fourth-order valence-corrected chi connectivity index (χ4v) is 4.83. The maximum atomic E-state index is 5.95. The summed E-state index contributed by atoms with van der Waals surface area (Å²) in [5, 5.41) is 0. The van der Waals surface area contributed by atoms with E-state index in [9.17, 15) is 0 Å². The van der Waals surface area contributed by atoms with Crippen molar-refractivity contribution in [2.24, 2.45) is 5.73 Å². The number of hydrogen-bond donors (Lipinski definition) is 1. The molecular weight excluding hydrogens is 246 g/mol. The van der Waals surface area contributed by atoms with Crippen LogP contribution in [0.15, 0.2) is 30.3 Å². The van der Waals surface area contributed by atoms with Crippen molar-refractivity contribution in [3.05, 3.63) is 35.9 Å². The predicted octanol–water partition coefficient (Wildman–Crippen LogP) is 1.92. The largest absolute Gasteiger partial charge is 0.508 e. The van der Waals surface area contributed by atoms with Gasteiger partial charge in [0, 0.05) is 27.4 Å². The summed E-state index contributed by atoms with van der Waals surface area (Å²) in [7, 11) is 2.18. The van der Waals surface area contributed by atoms with E-state index in [0.29, 0.717) is 0 Å². The first kappa shape index (κ1) is 15.3. The van der Waals surface area contributed by atoms with Gasteiger partial charge in [-0.25, -0.2) is 0 Å². The quantitative estimate of drug-likeness (QED) is 0.768. The molecule has 2 N–H and O–H groups in total. The van der Waals surface area contributed by atoms with Crippen LogP contribution in [-0.4, -0.2) is 36.2 Å². The van der Waals surface area contributed by atoms with Crippen molar-refractivity contribution < 1.29 is 13.3 Å². The fourth-order valence-electron chi connectivity index (χ4n) is 2.22. The van der Waals surface area contributed by atoms with Gasteiger partial charge in [0.25, 0.3) is 0 Å². The van der Waals surface area contributed by atoms with Gasteiger partial charge in [-0.05, 0) is 18.9 Å². The average molecular weight is 269 g/mol. The molecule has 0 spiro atoms. The Bertz CT molecular complexity index is 333. The lowest BCUT2D eigenvalue weighted by Crippen LogP contribution is -2.50. The van der Waals surface area contributed by atoms with Crippen LogP contribution in [0.25, 0.3) is 0 Å². The Morgan fingerprint density at radius 3 is 1.94 bits per heavy atom. The van der Waals surface area contributed by atoms with Crippen molar-refractivity contribution in [1.29, 1.82) is 0 Å². The molecule has 18 heavy (non-hydrogen) atoms. The molecule has 0 amide bonds. The third kappa shape index (κ3) is 3.40. The molecule has 0 saturated heterocycles. The molecule has 1 aromatic rings. The number of benzene rings is 1. The Balaban J connectivity index is 3.11. The highest BCUT2D eigenvalue weighted by Crippen LogP contribution is 2.32. The van der Waals surface area contributed by atoms with E-state index in [4.69, 9.17) is 19.0 Å². The zero-order chi connectivity index (χ0) is 13.6. The average Bonchev–Trinajstić information content (AvgIpc) is 2.40. The van der Waals surface area contributed by atoms with Gasteiger partial charge in [-0.2, -0.15) is 0 Å². The minimum Gasteiger partial charge on any atom is -0.376 e. The molecule has 0 heterocycles. The van der Waals surface area contributed by atoms with Crippen LogP contribution in [0, 0.1) is 0 Å². The Morgan fingerprint density at radius 2 is 1.56 bits per heavy atom. The summed E-state index contributed by atoms with van der Waals surface area (Å²) in [5.74, 6) is 0. The van der Waals surface area contributed by atoms with E-state index in [1.54, 1.807) is 21.3 Å². The molecule has 0 aliphatic heterocycles. The summed E-state index contributed by atoms with van der Waals surface area (Å²) in [6.45, 7) is 1.98. The molecule has 0 saturated carbocycles. The number of hydrogen-bond acceptors (Lipinski definition) is 4. The van der Waals surface area contributed by atoms with Crippen molar-refractivity contribution in [1.82, 2.24) is 0 Å². The smallest absolute Gasteiger partial charge is 0.376 e. The van der Waals surface area contributed by atoms with Gasteiger partial charge in [0.05, 0.1) is 5.54 Å². The molecule has 0 aliphatic carbocycles. The number of nitrogens with two attached hydrogens (primary N) is 1. The van der Waals surface area contributed by atoms with Crippen LogP contribution in [0.2, 0.25) is 0 Å². The molecule has 1 rings (SSSR count). The minimum absolute atomic E-state index is 0.0544. The van der Waals surface area contributed by atoms with Crippen LogP contribution in [0.1, 0.15) is 24.4 Å². The lowest BCUT2D eigenvalue weighted by molar-refractivity contribution is 0.110. The Labute approximate surface area is 110 Å². The van der Waals surface area contributed by atoms with Gasteiger partial charge in [0.1, 0.15) is 0 Å². The zero-order valence-electron chi connectivity index (χ0n) is 11.6. The van der Waals surface area contributed by atoms with E-state index < -0.39 is 8.80 Å². The van der Waals surface area contributed by atoms with Crippen LogP contribution in [0.3, 0.4) is 0 Å². The van der Waals surface area contributed by atoms with Gasteiger partial charge in [0.15, 0.2) is 0 Å². The van der Waals surface area contributed by atoms with E-state index in [2.05, 4.69) is 12.1 Å². The third-order valence-corrected chi connectivity index (χ3v) is 6.22. The van der Waals surface area contributed by atoms with Gasteiger partial charge in [0.2, 0.25) is 0 Å². The maximum absolute atomic E-state index is 5.95. The predicted molar refractivity (Wildman–Crippen MR) is 74.2 cm³/mol. The summed E-state index contributed by atoms with van der Waals surface area (Å²) in [5.41, 5.74) is 7.15. The lowest BCUT2D eigenvalue weighted by atomic mass is 10.1. The molecule has 1 aromatic carbocycles. The summed E-state index contributed by atoms with van der Waals surface area (Å²) >= 11 is 0. The third-order valence-electron chi connectivity index (χ3n) is 3.09. The molecule has 0 fully saturated rings. The second-order valence-corrected chi connectivity index (χ2v) is 7.52. The van der Waals surface area contributed by atoms with E-state index in [-0.39, 0.29) is 11.6 Å². The maximum Gasteiger partial charge on any atom is 0.508 e. The number of rotatable bonds is 7. The van der Waals surface area contributed by atoms with Crippen molar-refractivity contribution >= 4 is 8.80 Å². The molecule has 0 aromatic heterocycles. The Hall–Kier alpha value is -0.723. The summed E-state index contributed by atoms with van der Waals surface area (Å²) < 4.78 is 16.8. The fraction of sp³-hybridized carbons (Fsp3) is 0.538. The molecule has 2 atom stereocenters. The molecule has 5 heteroatoms. The minimum atomic E-state index is -2.73. The molecule has 2 unspecified atom stereocenters. The van der Waals surface area contributed by atoms with E-state index >= 15 is 0 Å². The van der Waals surface area contributed by atoms with Crippen molar-refractivity contribution in [2.45, 2.75) is 24.9 Å². The van der Waals surface area contributed by atoms with Crippen LogP contribution >= 0.6 is 0 Å². The van der Waals surface area contributed by atoms with Crippen molar-refractivity contribution in [3.63, 3.8) is 0 Å². The molecule has 0 bridgehead atoms. The normalized spacial score (nSPS) is 15.4. The van der Waals surface area contributed by atoms with Crippen molar-refractivity contribution in [2.75, 3.05) is 21.3 Å². The first-order valence-corrected chi connectivity index (χ1v) is 7.85. The topological polar surface area (TPSA) is 53.7 Å². The Morgan fingerprint density at radius 1 is 1.06 bits per heavy atom. The highest BCUT2D eigenvalue weighted by Gasteiger charge is 2.48. The molecule has 0 aliphatic rings. The van der Waals surface area contributed by atoms with Crippen LogP contribution in [0.5, 0.6) is 0 Å². The summed E-state index contributed by atoms with van der Waals surface area (Å²) in [6.07, 6.45) is 0.770. The van der Waals surface area contributed by atoms with E-state index in [1.807, 2.05) is 25.1 Å². The molecular formula is C13H23NO3Si. The molecule has 102 valence electrons. The van der Waals surface area contributed by atoms with Gasteiger partial charge < -0.3 is 19.0 Å². The first-order chi connectivity index (χ1) is 8.59. The second-order valence-electron chi connectivity index (χ2n) is 4.39. The highest BCUT2D eigenvalue weighted by atomic mass is 28.4. The van der Waals surface area contributed by atoms with Crippen molar-refractivity contribution in [3.8, 4) is 0 Å². The monoisotopic (exact) mass is 269 g/mol. The second kappa shape index (κ2) is 7.01. The van der Waals surface area contributed by atoms with Gasteiger partial charge in [-0.1, -0.05) is 30.3 Å². The molecule has 0 radical (unpaired) electrons. The Kier molecular flexibility index (Phi) is 5.97. The van der Waals surface area contributed by atoms with Crippen LogP contribution in [-0.2, 0) is 13.3 Å². The summed E-state index contributed by atoms with van der Waals surface area (Å²) in [6, 6.07) is 10.2. The highest BCUT2D eigenvalue weighted by molar-refractivity contribution is 6.62. The summed E-state index contributed by atoms with van der Waals surface area (Å²) in [4.78, 5) is 0. The van der Waals surface area contributed by atoms with Crippen LogP contribution in [0.4, 0.5) is 0 Å². The standard InChI is InChI=1S/C13H23NO3Si/c1-11(14)10-13(12-8-6-5-7-9-12)18(15-2,16-3)17-4/h5-9,11,13H,10,14H2,1-4H3. The van der Waals surface area contributed by atoms with Gasteiger partial charge >= 0.3 is 8.80 Å². The SMILES string of the molecule is CO[Si](OC)(OC)C(CC(C)N)c1ccccc1.